The van der Waals surface area contributed by atoms with Crippen molar-refractivity contribution in [2.24, 2.45) is 11.8 Å². The van der Waals surface area contributed by atoms with E-state index in [9.17, 15) is 14.4 Å². The van der Waals surface area contributed by atoms with Crippen molar-refractivity contribution in [1.82, 2.24) is 10.2 Å². The molecule has 0 aromatic carbocycles. The zero-order chi connectivity index (χ0) is 14.7. The van der Waals surface area contributed by atoms with Gasteiger partial charge in [-0.1, -0.05) is 6.42 Å². The van der Waals surface area contributed by atoms with Gasteiger partial charge in [-0.2, -0.15) is 0 Å². The van der Waals surface area contributed by atoms with Gasteiger partial charge in [-0.3, -0.25) is 14.4 Å². The molecule has 0 aromatic heterocycles. The van der Waals surface area contributed by atoms with Crippen LogP contribution in [0.2, 0.25) is 0 Å². The average molecular weight is 284 g/mol. The Labute approximate surface area is 116 Å². The van der Waals surface area contributed by atoms with Gasteiger partial charge in [0.2, 0.25) is 5.91 Å². The number of carboxylic acids is 2. The Morgan fingerprint density at radius 3 is 2.25 bits per heavy atom. The number of carbonyl (C=O) groups excluding carboxylic acids is 1. The van der Waals surface area contributed by atoms with Crippen LogP contribution in [-0.4, -0.2) is 58.6 Å². The van der Waals surface area contributed by atoms with Crippen LogP contribution in [0.1, 0.15) is 25.7 Å². The van der Waals surface area contributed by atoms with E-state index in [1.165, 1.54) is 4.90 Å². The Bertz CT molecular complexity index is 406. The van der Waals surface area contributed by atoms with Crippen LogP contribution >= 0.6 is 0 Å². The Morgan fingerprint density at radius 2 is 1.70 bits per heavy atom. The molecule has 0 aliphatic carbocycles. The Hall–Kier alpha value is -1.63. The van der Waals surface area contributed by atoms with Crippen molar-refractivity contribution >= 4 is 17.8 Å². The zero-order valence-corrected chi connectivity index (χ0v) is 11.2. The number of piperidine rings is 2. The first-order valence-electron chi connectivity index (χ1n) is 6.98. The highest BCUT2D eigenvalue weighted by Gasteiger charge is 2.41. The van der Waals surface area contributed by atoms with Crippen LogP contribution in [0.25, 0.3) is 0 Å². The Balaban J connectivity index is 2.02. The molecule has 0 spiro atoms. The summed E-state index contributed by atoms with van der Waals surface area (Å²) in [5.41, 5.74) is 0. The molecule has 3 N–H and O–H groups in total. The first-order valence-corrected chi connectivity index (χ1v) is 6.98. The van der Waals surface area contributed by atoms with E-state index >= 15 is 0 Å². The van der Waals surface area contributed by atoms with E-state index in [-0.39, 0.29) is 24.9 Å². The number of carboxylic acid groups (broad SMARTS) is 2. The highest BCUT2D eigenvalue weighted by atomic mass is 16.4. The maximum absolute atomic E-state index is 12.3. The molecule has 112 valence electrons. The number of aliphatic carboxylic acids is 2. The van der Waals surface area contributed by atoms with E-state index in [4.69, 9.17) is 10.2 Å². The first-order chi connectivity index (χ1) is 9.50. The molecule has 3 unspecified atom stereocenters. The van der Waals surface area contributed by atoms with Crippen LogP contribution in [0.3, 0.4) is 0 Å². The molecule has 1 amide bonds. The van der Waals surface area contributed by atoms with Gasteiger partial charge in [0, 0.05) is 13.1 Å². The minimum absolute atomic E-state index is 0.0106. The van der Waals surface area contributed by atoms with E-state index in [0.29, 0.717) is 6.54 Å². The molecule has 2 heterocycles. The molecule has 2 saturated heterocycles. The van der Waals surface area contributed by atoms with Crippen LogP contribution in [0, 0.1) is 11.8 Å². The van der Waals surface area contributed by atoms with E-state index in [2.05, 4.69) is 5.32 Å². The summed E-state index contributed by atoms with van der Waals surface area (Å²) in [6.07, 6.45) is 2.99. The third-order valence-corrected chi connectivity index (χ3v) is 4.17. The molecule has 2 aliphatic rings. The maximum Gasteiger partial charge on any atom is 0.309 e. The van der Waals surface area contributed by atoms with Crippen LogP contribution < -0.4 is 5.32 Å². The molecule has 0 aromatic rings. The van der Waals surface area contributed by atoms with Gasteiger partial charge in [0.05, 0.1) is 17.9 Å². The molecule has 0 radical (unpaired) electrons. The van der Waals surface area contributed by atoms with E-state index < -0.39 is 23.8 Å². The lowest BCUT2D eigenvalue weighted by molar-refractivity contribution is -0.159. The number of amides is 1. The molecular weight excluding hydrogens is 264 g/mol. The van der Waals surface area contributed by atoms with E-state index in [1.54, 1.807) is 0 Å². The fourth-order valence-corrected chi connectivity index (χ4v) is 2.98. The number of hydrogen-bond donors (Lipinski definition) is 3. The second-order valence-corrected chi connectivity index (χ2v) is 5.46. The lowest BCUT2D eigenvalue weighted by atomic mass is 9.85. The summed E-state index contributed by atoms with van der Waals surface area (Å²) in [4.78, 5) is 36.1. The van der Waals surface area contributed by atoms with Gasteiger partial charge in [0.25, 0.3) is 0 Å². The summed E-state index contributed by atoms with van der Waals surface area (Å²) in [6, 6.07) is -0.250. The van der Waals surface area contributed by atoms with Crippen molar-refractivity contribution in [3.8, 4) is 0 Å². The molecule has 2 aliphatic heterocycles. The molecule has 0 bridgehead atoms. The second kappa shape index (κ2) is 6.21. The van der Waals surface area contributed by atoms with Crippen molar-refractivity contribution in [3.05, 3.63) is 0 Å². The zero-order valence-electron chi connectivity index (χ0n) is 11.2. The van der Waals surface area contributed by atoms with Crippen LogP contribution in [-0.2, 0) is 14.4 Å². The van der Waals surface area contributed by atoms with Gasteiger partial charge in [-0.25, -0.2) is 0 Å². The normalized spacial score (nSPS) is 30.8. The predicted octanol–water partition coefficient (Wildman–Crippen LogP) is -0.238. The second-order valence-electron chi connectivity index (χ2n) is 5.46. The summed E-state index contributed by atoms with van der Waals surface area (Å²) in [6.45, 7) is 1.10. The van der Waals surface area contributed by atoms with E-state index in [0.717, 1.165) is 25.8 Å². The van der Waals surface area contributed by atoms with Crippen molar-refractivity contribution in [2.75, 3.05) is 19.6 Å². The number of nitrogens with one attached hydrogen (secondary N) is 1. The van der Waals surface area contributed by atoms with Crippen LogP contribution in [0.5, 0.6) is 0 Å². The highest BCUT2D eigenvalue weighted by Crippen LogP contribution is 2.25. The molecule has 7 heteroatoms. The number of carbonyl (C=O) groups is 3. The fraction of sp³-hybridized carbons (Fsp3) is 0.769. The Kier molecular flexibility index (Phi) is 4.59. The minimum atomic E-state index is -1.15. The molecule has 2 fully saturated rings. The lowest BCUT2D eigenvalue weighted by Gasteiger charge is -2.37. The summed E-state index contributed by atoms with van der Waals surface area (Å²) < 4.78 is 0. The Morgan fingerprint density at radius 1 is 1.00 bits per heavy atom. The van der Waals surface area contributed by atoms with Gasteiger partial charge in [-0.05, 0) is 25.8 Å². The monoisotopic (exact) mass is 284 g/mol. The predicted molar refractivity (Wildman–Crippen MR) is 69.1 cm³/mol. The quantitative estimate of drug-likeness (QED) is 0.660. The molecule has 7 nitrogen and oxygen atoms in total. The summed E-state index contributed by atoms with van der Waals surface area (Å²) in [7, 11) is 0. The highest BCUT2D eigenvalue weighted by molar-refractivity contribution is 5.85. The van der Waals surface area contributed by atoms with Gasteiger partial charge in [0.15, 0.2) is 0 Å². The third kappa shape index (κ3) is 3.09. The number of likely N-dealkylation sites (tertiary alicyclic amines) is 1. The topological polar surface area (TPSA) is 107 Å². The molecular formula is C13H20N2O5. The number of rotatable bonds is 3. The van der Waals surface area contributed by atoms with Gasteiger partial charge in [0.1, 0.15) is 0 Å². The van der Waals surface area contributed by atoms with Crippen molar-refractivity contribution < 1.29 is 24.6 Å². The molecule has 3 atom stereocenters. The largest absolute Gasteiger partial charge is 0.481 e. The summed E-state index contributed by atoms with van der Waals surface area (Å²) in [5, 5.41) is 21.3. The minimum Gasteiger partial charge on any atom is -0.481 e. The number of nitrogens with zero attached hydrogens (tertiary/aromatic N) is 1. The van der Waals surface area contributed by atoms with Crippen LogP contribution in [0.15, 0.2) is 0 Å². The summed E-state index contributed by atoms with van der Waals surface area (Å²) >= 11 is 0. The molecule has 0 saturated carbocycles. The fourth-order valence-electron chi connectivity index (χ4n) is 2.98. The summed E-state index contributed by atoms with van der Waals surface area (Å²) in [5.74, 6) is -4.27. The first kappa shape index (κ1) is 14.8. The van der Waals surface area contributed by atoms with E-state index in [1.807, 2.05) is 0 Å². The van der Waals surface area contributed by atoms with Crippen LogP contribution in [0.4, 0.5) is 0 Å². The maximum atomic E-state index is 12.3. The molecule has 20 heavy (non-hydrogen) atoms. The van der Waals surface area contributed by atoms with Gasteiger partial charge >= 0.3 is 11.9 Å². The standard InChI is InChI=1S/C13H20N2O5/c16-11(10-3-1-2-5-14-10)15-6-4-8(12(17)18)9(7-15)13(19)20/h8-10,14H,1-7H2,(H,17,18)(H,19,20). The average Bonchev–Trinajstić information content (AvgIpc) is 2.46. The van der Waals surface area contributed by atoms with Gasteiger partial charge < -0.3 is 20.4 Å². The third-order valence-electron chi connectivity index (χ3n) is 4.17. The number of hydrogen-bond acceptors (Lipinski definition) is 4. The molecule has 2 rings (SSSR count). The van der Waals surface area contributed by atoms with Crippen molar-refractivity contribution in [1.29, 1.82) is 0 Å². The lowest BCUT2D eigenvalue weighted by Crippen LogP contribution is -2.54. The van der Waals surface area contributed by atoms with Crippen molar-refractivity contribution in [2.45, 2.75) is 31.7 Å². The van der Waals surface area contributed by atoms with Crippen molar-refractivity contribution in [3.63, 3.8) is 0 Å². The van der Waals surface area contributed by atoms with Gasteiger partial charge in [-0.15, -0.1) is 0 Å². The SMILES string of the molecule is O=C(O)C1CCN(C(=O)C2CCCCN2)CC1C(=O)O. The smallest absolute Gasteiger partial charge is 0.309 e.